The van der Waals surface area contributed by atoms with Crippen molar-refractivity contribution in [2.24, 2.45) is 0 Å². The normalized spacial score (nSPS) is 12.4. The number of alkyl halides is 3. The van der Waals surface area contributed by atoms with Gasteiger partial charge in [0.15, 0.2) is 0 Å². The minimum absolute atomic E-state index is 0.0906. The van der Waals surface area contributed by atoms with E-state index in [2.05, 4.69) is 20.4 Å². The van der Waals surface area contributed by atoms with Crippen LogP contribution in [0.15, 0.2) is 132 Å². The minimum Gasteiger partial charge on any atom is -0.506 e. The van der Waals surface area contributed by atoms with Gasteiger partial charge >= 0.3 is 12.5 Å². The van der Waals surface area contributed by atoms with Gasteiger partial charge in [0, 0.05) is 36.7 Å². The number of hydrogen-bond donors (Lipinski definition) is 6. The van der Waals surface area contributed by atoms with Crippen molar-refractivity contribution in [2.45, 2.75) is 38.1 Å². The highest BCUT2D eigenvalue weighted by molar-refractivity contribution is 5.94. The molecule has 59 heavy (non-hydrogen) atoms. The second-order valence-electron chi connectivity index (χ2n) is 13.6. The molecule has 1 heterocycles. The number of ether oxygens (including phenoxy) is 2. The Bertz CT molecular complexity index is 2410. The van der Waals surface area contributed by atoms with Gasteiger partial charge < -0.3 is 45.3 Å². The number of nitrogens with one attached hydrogen (secondary N) is 3. The SMILES string of the molecule is O=C(O)N[C@@H](c1ccccc1)c1cccc(OCc2ccc(C(=O)N(CCCNC[C@H](O)c3ccc(O)c4[nH]c(=O)ccc34)Cc3ccc(OC(F)(F)F)cc3)cc2)c1. The van der Waals surface area contributed by atoms with E-state index < -0.39 is 30.2 Å². The number of hydrogen-bond acceptors (Lipinski definition) is 8. The van der Waals surface area contributed by atoms with Gasteiger partial charge in [-0.05, 0) is 89.3 Å². The van der Waals surface area contributed by atoms with Crippen LogP contribution in [0, 0.1) is 0 Å². The summed E-state index contributed by atoms with van der Waals surface area (Å²) in [5.74, 6) is -0.304. The zero-order chi connectivity index (χ0) is 41.9. The Morgan fingerprint density at radius 1 is 0.814 bits per heavy atom. The third kappa shape index (κ3) is 11.6. The number of aliphatic hydroxyl groups is 1. The van der Waals surface area contributed by atoms with Crippen LogP contribution in [0.5, 0.6) is 17.2 Å². The van der Waals surface area contributed by atoms with Crippen LogP contribution in [-0.4, -0.2) is 63.2 Å². The summed E-state index contributed by atoms with van der Waals surface area (Å²) in [4.78, 5) is 41.4. The highest BCUT2D eigenvalue weighted by atomic mass is 19.4. The summed E-state index contributed by atoms with van der Waals surface area (Å²) in [7, 11) is 0. The molecule has 12 nitrogen and oxygen atoms in total. The van der Waals surface area contributed by atoms with Gasteiger partial charge in [-0.25, -0.2) is 4.79 Å². The first-order chi connectivity index (χ1) is 28.3. The molecule has 6 aromatic rings. The molecule has 1 aromatic heterocycles. The lowest BCUT2D eigenvalue weighted by Crippen LogP contribution is -2.33. The van der Waals surface area contributed by atoms with Crippen molar-refractivity contribution in [1.82, 2.24) is 20.5 Å². The Labute approximate surface area is 336 Å². The highest BCUT2D eigenvalue weighted by Crippen LogP contribution is 2.29. The number of fused-ring (bicyclic) bond motifs is 1. The standard InChI is InChI=1S/C44H41F3N4O8/c45-44(46,47)59-33-16-12-28(13-17-33)26-51(23-5-22-48-25-38(53)35-18-20-37(52)41-36(35)19-21-39(54)49-41)42(55)31-14-10-29(11-15-31)27-58-34-9-4-8-32(24-34)40(50-43(56)57)30-6-2-1-3-7-30/h1-4,6-21,24,38,40,48,50,52-53H,5,22-23,25-27H2,(H,49,54)(H,56,57)/t38-,40-/m0/s1. The third-order valence-electron chi connectivity index (χ3n) is 9.40. The smallest absolute Gasteiger partial charge is 0.506 e. The van der Waals surface area contributed by atoms with E-state index in [0.717, 1.165) is 11.1 Å². The lowest BCUT2D eigenvalue weighted by molar-refractivity contribution is -0.274. The average Bonchev–Trinajstić information content (AvgIpc) is 3.22. The van der Waals surface area contributed by atoms with E-state index in [0.29, 0.717) is 46.4 Å². The van der Waals surface area contributed by atoms with Gasteiger partial charge in [0.1, 0.15) is 23.9 Å². The fourth-order valence-electron chi connectivity index (χ4n) is 6.57. The Hall–Kier alpha value is -6.84. The number of nitrogens with zero attached hydrogens (tertiary/aromatic N) is 1. The predicted molar refractivity (Wildman–Crippen MR) is 213 cm³/mol. The largest absolute Gasteiger partial charge is 0.573 e. The Balaban J connectivity index is 1.09. The number of benzene rings is 5. The van der Waals surface area contributed by atoms with Crippen molar-refractivity contribution in [3.63, 3.8) is 0 Å². The summed E-state index contributed by atoms with van der Waals surface area (Å²) >= 11 is 0. The number of halogens is 3. The number of carbonyl (C=O) groups is 2. The van der Waals surface area contributed by atoms with Crippen LogP contribution in [-0.2, 0) is 13.2 Å². The number of H-pyrrole nitrogens is 1. The molecule has 15 heteroatoms. The highest BCUT2D eigenvalue weighted by Gasteiger charge is 2.31. The maximum atomic E-state index is 13.9. The number of aromatic hydroxyl groups is 1. The Morgan fingerprint density at radius 2 is 1.53 bits per heavy atom. The van der Waals surface area contributed by atoms with Crippen molar-refractivity contribution < 1.29 is 47.6 Å². The van der Waals surface area contributed by atoms with Gasteiger partial charge in [-0.2, -0.15) is 0 Å². The molecule has 306 valence electrons. The summed E-state index contributed by atoms with van der Waals surface area (Å²) in [6.45, 7) is 1.03. The number of aliphatic hydroxyl groups excluding tert-OH is 1. The summed E-state index contributed by atoms with van der Waals surface area (Å²) in [5.41, 5.74) is 3.50. The fourth-order valence-corrected chi connectivity index (χ4v) is 6.57. The first-order valence-electron chi connectivity index (χ1n) is 18.6. The van der Waals surface area contributed by atoms with Crippen molar-refractivity contribution in [3.05, 3.63) is 171 Å². The van der Waals surface area contributed by atoms with Crippen LogP contribution in [0.1, 0.15) is 56.7 Å². The molecule has 6 N–H and O–H groups in total. The minimum atomic E-state index is -4.84. The number of phenolic OH excluding ortho intramolecular Hbond substituents is 1. The third-order valence-corrected chi connectivity index (χ3v) is 9.40. The lowest BCUT2D eigenvalue weighted by atomic mass is 9.98. The summed E-state index contributed by atoms with van der Waals surface area (Å²) in [6, 6.07) is 33.6. The van der Waals surface area contributed by atoms with Crippen LogP contribution in [0.3, 0.4) is 0 Å². The second kappa shape index (κ2) is 19.1. The molecule has 0 aliphatic rings. The molecule has 2 amide bonds. The van der Waals surface area contributed by atoms with Crippen molar-refractivity contribution in [3.8, 4) is 17.2 Å². The average molecular weight is 811 g/mol. The maximum absolute atomic E-state index is 13.9. The monoisotopic (exact) mass is 810 g/mol. The molecule has 0 aliphatic carbocycles. The van der Waals surface area contributed by atoms with E-state index >= 15 is 0 Å². The van der Waals surface area contributed by atoms with E-state index in [-0.39, 0.29) is 49.2 Å². The number of aromatic nitrogens is 1. The fraction of sp³-hybridized carbons (Fsp3) is 0.205. The van der Waals surface area contributed by atoms with Crippen LogP contribution >= 0.6 is 0 Å². The summed E-state index contributed by atoms with van der Waals surface area (Å²) in [5, 5.41) is 36.8. The quantitative estimate of drug-likeness (QED) is 0.0513. The van der Waals surface area contributed by atoms with Gasteiger partial charge in [-0.1, -0.05) is 72.8 Å². The van der Waals surface area contributed by atoms with E-state index in [9.17, 15) is 42.9 Å². The number of phenols is 1. The van der Waals surface area contributed by atoms with E-state index in [4.69, 9.17) is 4.74 Å². The molecule has 6 rings (SSSR count). The van der Waals surface area contributed by atoms with Gasteiger partial charge in [0.05, 0.1) is 17.7 Å². The zero-order valence-electron chi connectivity index (χ0n) is 31.5. The van der Waals surface area contributed by atoms with Crippen LogP contribution in [0.4, 0.5) is 18.0 Å². The number of rotatable bonds is 17. The van der Waals surface area contributed by atoms with Gasteiger partial charge in [-0.3, -0.25) is 9.59 Å². The van der Waals surface area contributed by atoms with Gasteiger partial charge in [-0.15, -0.1) is 13.2 Å². The van der Waals surface area contributed by atoms with Crippen LogP contribution in [0.2, 0.25) is 0 Å². The molecule has 5 aromatic carbocycles. The topological polar surface area (TPSA) is 173 Å². The van der Waals surface area contributed by atoms with Crippen molar-refractivity contribution in [1.29, 1.82) is 0 Å². The lowest BCUT2D eigenvalue weighted by Gasteiger charge is -2.24. The summed E-state index contributed by atoms with van der Waals surface area (Å²) < 4.78 is 48.3. The Morgan fingerprint density at radius 3 is 2.24 bits per heavy atom. The van der Waals surface area contributed by atoms with Gasteiger partial charge in [0.2, 0.25) is 5.56 Å². The van der Waals surface area contributed by atoms with Gasteiger partial charge in [0.25, 0.3) is 5.91 Å². The first kappa shape index (κ1) is 41.8. The predicted octanol–water partition coefficient (Wildman–Crippen LogP) is 7.42. The van der Waals surface area contributed by atoms with Crippen molar-refractivity contribution in [2.75, 3.05) is 19.6 Å². The molecule has 0 radical (unpaired) electrons. The Kier molecular flexibility index (Phi) is 13.5. The second-order valence-corrected chi connectivity index (χ2v) is 13.6. The molecule has 0 bridgehead atoms. The molecule has 0 saturated heterocycles. The van der Waals surface area contributed by atoms with E-state index in [1.54, 1.807) is 59.5 Å². The number of carboxylic acid groups (broad SMARTS) is 1. The molecule has 0 unspecified atom stereocenters. The molecule has 0 aliphatic heterocycles. The molecular weight excluding hydrogens is 769 g/mol. The zero-order valence-corrected chi connectivity index (χ0v) is 31.5. The molecule has 0 fully saturated rings. The first-order valence-corrected chi connectivity index (χ1v) is 18.6. The number of aromatic amines is 1. The molecule has 0 spiro atoms. The van der Waals surface area contributed by atoms with E-state index in [1.165, 1.54) is 42.5 Å². The number of pyridine rings is 1. The number of amides is 2. The maximum Gasteiger partial charge on any atom is 0.573 e. The number of carbonyl (C=O) groups excluding carboxylic acids is 1. The van der Waals surface area contributed by atoms with E-state index in [1.807, 2.05) is 30.3 Å². The van der Waals surface area contributed by atoms with Crippen LogP contribution in [0.25, 0.3) is 10.9 Å². The molecular formula is C44H41F3N4O8. The van der Waals surface area contributed by atoms with Crippen molar-refractivity contribution >= 4 is 22.9 Å². The van der Waals surface area contributed by atoms with Crippen LogP contribution < -0.4 is 25.7 Å². The molecule has 2 atom stereocenters. The molecule has 0 saturated carbocycles. The summed E-state index contributed by atoms with van der Waals surface area (Å²) in [6.07, 6.45) is -6.54.